The Morgan fingerprint density at radius 2 is 1.39 bits per heavy atom. The number of ether oxygens (including phenoxy) is 2. The highest BCUT2D eigenvalue weighted by Gasteiger charge is 2.61. The Hall–Kier alpha value is -4.00. The van der Waals surface area contributed by atoms with E-state index in [9.17, 15) is 52.7 Å². The highest BCUT2D eigenvalue weighted by Crippen LogP contribution is 2.43. The Bertz CT molecular complexity index is 1290. The number of hydrogen-bond donors (Lipinski definition) is 2. The number of fused-ring (bicyclic) bond motifs is 1. The van der Waals surface area contributed by atoms with Gasteiger partial charge in [0.1, 0.15) is 11.8 Å². The lowest BCUT2D eigenvalue weighted by atomic mass is 10.2. The third kappa shape index (κ3) is 6.46. The lowest BCUT2D eigenvalue weighted by molar-refractivity contribution is -0.312. The van der Waals surface area contributed by atoms with Crippen molar-refractivity contribution in [3.05, 3.63) is 36.4 Å². The van der Waals surface area contributed by atoms with Gasteiger partial charge in [-0.15, -0.1) is 0 Å². The third-order valence-corrected chi connectivity index (χ3v) is 4.23. The number of alkyl halides is 12. The molecule has 2 heterocycles. The van der Waals surface area contributed by atoms with Gasteiger partial charge in [0.15, 0.2) is 23.0 Å². The van der Waals surface area contributed by atoms with E-state index in [1.165, 1.54) is 6.33 Å². The van der Waals surface area contributed by atoms with Crippen LogP contribution in [0.1, 0.15) is 5.56 Å². The fourth-order valence-electron chi connectivity index (χ4n) is 2.56. The summed E-state index contributed by atoms with van der Waals surface area (Å²) in [6.45, 7) is 0. The molecule has 2 N–H and O–H groups in total. The van der Waals surface area contributed by atoms with Gasteiger partial charge in [0.25, 0.3) is 12.3 Å². The number of aromatic nitrogens is 4. The molecule has 3 rings (SSSR count). The van der Waals surface area contributed by atoms with Crippen molar-refractivity contribution in [2.45, 2.75) is 36.9 Å². The molecule has 0 fully saturated rings. The summed E-state index contributed by atoms with van der Waals surface area (Å²) in [4.78, 5) is 14.1. The van der Waals surface area contributed by atoms with Crippen LogP contribution in [0.3, 0.4) is 0 Å². The number of imidazole rings is 1. The number of halogens is 12. The van der Waals surface area contributed by atoms with Crippen LogP contribution in [0.25, 0.3) is 11.2 Å². The first kappa shape index (κ1) is 28.6. The van der Waals surface area contributed by atoms with Gasteiger partial charge in [-0.3, -0.25) is 5.43 Å². The Morgan fingerprint density at radius 3 is 1.97 bits per heavy atom. The molecule has 0 radical (unpaired) electrons. The van der Waals surface area contributed by atoms with Crippen LogP contribution in [0.15, 0.2) is 36.0 Å². The second kappa shape index (κ2) is 10.0. The average molecular weight is 570 g/mol. The minimum atomic E-state index is -6.20. The van der Waals surface area contributed by atoms with E-state index in [1.807, 2.05) is 0 Å². The molecule has 2 atom stereocenters. The largest absolute Gasteiger partial charge is 0.439 e. The topological polar surface area (TPSA) is 97.3 Å². The Morgan fingerprint density at radius 1 is 0.816 bits per heavy atom. The smallest absolute Gasteiger partial charge is 0.426 e. The maximum atomic E-state index is 13.8. The fraction of sp³-hybridized carbons (Fsp3) is 0.333. The van der Waals surface area contributed by atoms with E-state index < -0.39 is 54.0 Å². The van der Waals surface area contributed by atoms with E-state index in [0.717, 1.165) is 12.5 Å². The minimum absolute atomic E-state index is 0.0120. The van der Waals surface area contributed by atoms with Crippen LogP contribution in [0, 0.1) is 0 Å². The summed E-state index contributed by atoms with van der Waals surface area (Å²) < 4.78 is 163. The van der Waals surface area contributed by atoms with E-state index in [1.54, 1.807) is 0 Å². The summed E-state index contributed by atoms with van der Waals surface area (Å²) in [5, 5.41) is 3.61. The monoisotopic (exact) mass is 570 g/mol. The molecule has 8 nitrogen and oxygen atoms in total. The van der Waals surface area contributed by atoms with Crippen LogP contribution in [0.2, 0.25) is 0 Å². The maximum Gasteiger partial charge on any atom is 0.439 e. The van der Waals surface area contributed by atoms with Gasteiger partial charge in [-0.1, -0.05) is 0 Å². The maximum absolute atomic E-state index is 13.8. The van der Waals surface area contributed by atoms with Gasteiger partial charge in [0, 0.05) is 0 Å². The van der Waals surface area contributed by atoms with Crippen molar-refractivity contribution in [3.63, 3.8) is 0 Å². The van der Waals surface area contributed by atoms with Crippen LogP contribution in [-0.4, -0.2) is 63.1 Å². The Balaban J connectivity index is 1.94. The van der Waals surface area contributed by atoms with Crippen LogP contribution in [0.5, 0.6) is 11.5 Å². The van der Waals surface area contributed by atoms with E-state index >= 15 is 0 Å². The van der Waals surface area contributed by atoms with Crippen molar-refractivity contribution in [1.29, 1.82) is 0 Å². The number of nitrogens with one attached hydrogen (secondary N) is 2. The number of anilines is 1. The zero-order valence-corrected chi connectivity index (χ0v) is 17.8. The Kier molecular flexibility index (Phi) is 7.55. The van der Waals surface area contributed by atoms with Gasteiger partial charge >= 0.3 is 24.6 Å². The van der Waals surface area contributed by atoms with E-state index in [-0.39, 0.29) is 29.1 Å². The van der Waals surface area contributed by atoms with Crippen LogP contribution in [0.4, 0.5) is 58.5 Å². The van der Waals surface area contributed by atoms with Gasteiger partial charge in [-0.2, -0.15) is 49.0 Å². The first-order valence-corrected chi connectivity index (χ1v) is 9.54. The molecule has 38 heavy (non-hydrogen) atoms. The number of H-pyrrole nitrogens is 1. The lowest BCUT2D eigenvalue weighted by Crippen LogP contribution is -2.47. The van der Waals surface area contributed by atoms with Gasteiger partial charge in [-0.25, -0.2) is 23.7 Å². The summed E-state index contributed by atoms with van der Waals surface area (Å²) in [6.07, 6.45) is -30.9. The van der Waals surface area contributed by atoms with Gasteiger partial charge in [0.05, 0.1) is 12.5 Å². The van der Waals surface area contributed by atoms with Crippen molar-refractivity contribution in [2.24, 2.45) is 5.10 Å². The fourth-order valence-corrected chi connectivity index (χ4v) is 2.56. The van der Waals surface area contributed by atoms with Crippen molar-refractivity contribution in [1.82, 2.24) is 19.9 Å². The van der Waals surface area contributed by atoms with Crippen molar-refractivity contribution >= 4 is 23.2 Å². The predicted octanol–water partition coefficient (Wildman–Crippen LogP) is 5.54. The predicted molar refractivity (Wildman–Crippen MR) is 102 cm³/mol. The third-order valence-electron chi connectivity index (χ3n) is 4.23. The minimum Gasteiger partial charge on any atom is -0.426 e. The molecule has 0 amide bonds. The van der Waals surface area contributed by atoms with Gasteiger partial charge < -0.3 is 14.5 Å². The van der Waals surface area contributed by atoms with Crippen LogP contribution >= 0.6 is 0 Å². The second-order valence-corrected chi connectivity index (χ2v) is 7.04. The molecule has 2 unspecified atom stereocenters. The van der Waals surface area contributed by atoms with Crippen LogP contribution in [-0.2, 0) is 0 Å². The summed E-state index contributed by atoms with van der Waals surface area (Å²) in [7, 11) is 0. The number of nitrogens with zero attached hydrogens (tertiary/aromatic N) is 4. The highest BCUT2D eigenvalue weighted by atomic mass is 19.4. The number of rotatable bonds is 9. The van der Waals surface area contributed by atoms with E-state index in [2.05, 4.69) is 39.9 Å². The average Bonchev–Trinajstić information content (AvgIpc) is 3.28. The number of hydrogen-bond acceptors (Lipinski definition) is 7. The molecule has 0 spiro atoms. The SMILES string of the molecule is FC(C(F)(F)F)C(F)(F)Oc1ccc(/C=N/Nc2ncnc3nc[nH]c23)cc1OC(F)(F)C(F)C(F)(F)F. The first-order chi connectivity index (χ1) is 17.4. The zero-order valence-electron chi connectivity index (χ0n) is 17.8. The second-order valence-electron chi connectivity index (χ2n) is 7.04. The molecule has 0 saturated heterocycles. The van der Waals surface area contributed by atoms with Crippen molar-refractivity contribution in [3.8, 4) is 11.5 Å². The molecule has 2 aromatic heterocycles. The first-order valence-electron chi connectivity index (χ1n) is 9.54. The van der Waals surface area contributed by atoms with Crippen molar-refractivity contribution < 1.29 is 62.2 Å². The quantitative estimate of drug-likeness (QED) is 0.199. The lowest BCUT2D eigenvalue weighted by Gasteiger charge is -2.27. The Labute approximate surface area is 201 Å². The summed E-state index contributed by atoms with van der Waals surface area (Å²) >= 11 is 0. The standard InChI is InChI=1S/C18H10F12N6O2/c19-13(15(21,22)23)17(27,28)37-8-2-1-7(3-9(8)38-18(29,30)14(20)16(24,25)26)4-35-36-12-10-11(32-5-31-10)33-6-34-12/h1-6,13-14H,(H2,31,32,33,34,36)/b35-4+. The number of hydrazone groups is 1. The molecule has 0 saturated carbocycles. The molecule has 0 aliphatic carbocycles. The van der Waals surface area contributed by atoms with Gasteiger partial charge in [-0.05, 0) is 23.8 Å². The molecule has 0 aliphatic heterocycles. The molecule has 3 aromatic rings. The molecule has 1 aromatic carbocycles. The summed E-state index contributed by atoms with van der Waals surface area (Å²) in [5.41, 5.74) is 2.34. The van der Waals surface area contributed by atoms with Crippen molar-refractivity contribution in [2.75, 3.05) is 5.43 Å². The molecular weight excluding hydrogens is 560 g/mol. The molecule has 20 heteroatoms. The molecule has 208 valence electrons. The summed E-state index contributed by atoms with van der Waals surface area (Å²) in [6, 6.07) is 1.15. The molecular formula is C18H10F12N6O2. The van der Waals surface area contributed by atoms with E-state index in [4.69, 9.17) is 0 Å². The molecule has 0 aliphatic rings. The van der Waals surface area contributed by atoms with Gasteiger partial charge in [0.2, 0.25) is 0 Å². The zero-order chi connectivity index (χ0) is 28.5. The summed E-state index contributed by atoms with van der Waals surface area (Å²) in [5.74, 6) is -3.58. The number of benzene rings is 1. The molecule has 0 bridgehead atoms. The number of aromatic amines is 1. The van der Waals surface area contributed by atoms with Crippen LogP contribution < -0.4 is 14.9 Å². The normalized spacial score (nSPS) is 15.1. The highest BCUT2D eigenvalue weighted by molar-refractivity contribution is 5.84. The van der Waals surface area contributed by atoms with E-state index in [0.29, 0.717) is 6.07 Å².